The van der Waals surface area contributed by atoms with Crippen molar-refractivity contribution in [2.24, 2.45) is 0 Å². The summed E-state index contributed by atoms with van der Waals surface area (Å²) in [5.74, 6) is 2.41. The molecule has 0 aliphatic carbocycles. The average molecular weight is 428 g/mol. The molecule has 0 saturated carbocycles. The zero-order valence-corrected chi connectivity index (χ0v) is 18.6. The molecule has 0 radical (unpaired) electrons. The number of ether oxygens (including phenoxy) is 3. The van der Waals surface area contributed by atoms with E-state index in [1.54, 1.807) is 14.2 Å². The van der Waals surface area contributed by atoms with E-state index in [0.29, 0.717) is 6.61 Å². The smallest absolute Gasteiger partial charge is 0.161 e. The molecule has 0 atom stereocenters. The molecular weight excluding hydrogens is 398 g/mol. The van der Waals surface area contributed by atoms with Crippen molar-refractivity contribution in [3.8, 4) is 17.2 Å². The quantitative estimate of drug-likeness (QED) is 0.443. The molecule has 0 heterocycles. The molecule has 0 bridgehead atoms. The molecule has 0 fully saturated rings. The zero-order chi connectivity index (χ0) is 20.5. The molecule has 1 N–H and O–H groups in total. The summed E-state index contributed by atoms with van der Waals surface area (Å²) in [5, 5.41) is 3.49. The van der Waals surface area contributed by atoms with Crippen molar-refractivity contribution in [3.05, 3.63) is 89.0 Å². The van der Waals surface area contributed by atoms with Crippen LogP contribution in [-0.2, 0) is 19.6 Å². The Balaban J connectivity index is 0.00000320. The summed E-state index contributed by atoms with van der Waals surface area (Å²) in [6, 6.07) is 22.5. The first-order chi connectivity index (χ1) is 14.2. The molecule has 4 nitrogen and oxygen atoms in total. The summed E-state index contributed by atoms with van der Waals surface area (Å²) in [5.41, 5.74) is 4.86. The van der Waals surface area contributed by atoms with E-state index in [-0.39, 0.29) is 12.4 Å². The average Bonchev–Trinajstić information content (AvgIpc) is 2.77. The Morgan fingerprint density at radius 1 is 0.800 bits per heavy atom. The van der Waals surface area contributed by atoms with Crippen molar-refractivity contribution in [1.82, 2.24) is 5.32 Å². The highest BCUT2D eigenvalue weighted by Crippen LogP contribution is 2.29. The summed E-state index contributed by atoms with van der Waals surface area (Å²) >= 11 is 0. The van der Waals surface area contributed by atoms with E-state index < -0.39 is 0 Å². The molecule has 30 heavy (non-hydrogen) atoms. The van der Waals surface area contributed by atoms with E-state index in [9.17, 15) is 0 Å². The molecule has 3 rings (SSSR count). The molecule has 0 unspecified atom stereocenters. The Morgan fingerprint density at radius 2 is 1.53 bits per heavy atom. The maximum Gasteiger partial charge on any atom is 0.161 e. The summed E-state index contributed by atoms with van der Waals surface area (Å²) in [6.07, 6.45) is 0.971. The van der Waals surface area contributed by atoms with Crippen molar-refractivity contribution in [2.75, 3.05) is 20.8 Å². The Labute approximate surface area is 185 Å². The van der Waals surface area contributed by atoms with Gasteiger partial charge in [0.25, 0.3) is 0 Å². The second kappa shape index (κ2) is 12.1. The Kier molecular flexibility index (Phi) is 9.52. The molecule has 3 aromatic rings. The molecular formula is C25H30ClNO3. The van der Waals surface area contributed by atoms with Crippen LogP contribution in [-0.4, -0.2) is 20.8 Å². The van der Waals surface area contributed by atoms with Crippen LogP contribution in [0.3, 0.4) is 0 Å². The molecule has 0 amide bonds. The fourth-order valence-corrected chi connectivity index (χ4v) is 3.13. The molecule has 0 aromatic heterocycles. The molecule has 0 spiro atoms. The first-order valence-corrected chi connectivity index (χ1v) is 9.87. The summed E-state index contributed by atoms with van der Waals surface area (Å²) in [6.45, 7) is 4.31. The van der Waals surface area contributed by atoms with E-state index in [4.69, 9.17) is 14.2 Å². The van der Waals surface area contributed by atoms with E-state index in [1.807, 2.05) is 36.4 Å². The van der Waals surface area contributed by atoms with Gasteiger partial charge in [0.15, 0.2) is 11.5 Å². The van der Waals surface area contributed by atoms with E-state index >= 15 is 0 Å². The van der Waals surface area contributed by atoms with Gasteiger partial charge in [0.05, 0.1) is 14.2 Å². The van der Waals surface area contributed by atoms with E-state index in [0.717, 1.165) is 36.8 Å². The molecule has 3 aromatic carbocycles. The monoisotopic (exact) mass is 427 g/mol. The van der Waals surface area contributed by atoms with Crippen LogP contribution in [0.4, 0.5) is 0 Å². The van der Waals surface area contributed by atoms with Crippen LogP contribution >= 0.6 is 12.4 Å². The van der Waals surface area contributed by atoms with Gasteiger partial charge in [-0.25, -0.2) is 0 Å². The van der Waals surface area contributed by atoms with Crippen LogP contribution in [0.15, 0.2) is 66.7 Å². The number of hydrogen-bond donors (Lipinski definition) is 1. The third-order valence-corrected chi connectivity index (χ3v) is 4.95. The predicted molar refractivity (Wildman–Crippen MR) is 124 cm³/mol. The first-order valence-electron chi connectivity index (χ1n) is 9.87. The highest BCUT2D eigenvalue weighted by Gasteiger charge is 2.07. The zero-order valence-electron chi connectivity index (χ0n) is 17.8. The topological polar surface area (TPSA) is 39.7 Å². The SMILES string of the molecule is COc1ccc(CCNCc2ccc(OCc3ccccc3C)c(OC)c2)cc1.Cl. The number of aryl methyl sites for hydroxylation is 1. The lowest BCUT2D eigenvalue weighted by atomic mass is 10.1. The summed E-state index contributed by atoms with van der Waals surface area (Å²) in [7, 11) is 3.36. The second-order valence-electron chi connectivity index (χ2n) is 6.98. The van der Waals surface area contributed by atoms with E-state index in [1.165, 1.54) is 22.3 Å². The van der Waals surface area contributed by atoms with Gasteiger partial charge in [0.2, 0.25) is 0 Å². The van der Waals surface area contributed by atoms with Gasteiger partial charge in [-0.1, -0.05) is 42.5 Å². The summed E-state index contributed by atoms with van der Waals surface area (Å²) in [4.78, 5) is 0. The third kappa shape index (κ3) is 6.68. The lowest BCUT2D eigenvalue weighted by molar-refractivity contribution is 0.283. The van der Waals surface area contributed by atoms with Gasteiger partial charge in [0.1, 0.15) is 12.4 Å². The van der Waals surface area contributed by atoms with Crippen LogP contribution in [0.25, 0.3) is 0 Å². The van der Waals surface area contributed by atoms with Crippen LogP contribution in [0.1, 0.15) is 22.3 Å². The van der Waals surface area contributed by atoms with Gasteiger partial charge in [-0.05, 0) is 66.4 Å². The number of methoxy groups -OCH3 is 2. The number of rotatable bonds is 10. The molecule has 5 heteroatoms. The van der Waals surface area contributed by atoms with E-state index in [2.05, 4.69) is 42.6 Å². The maximum atomic E-state index is 6.00. The fraction of sp³-hybridized carbons (Fsp3) is 0.280. The third-order valence-electron chi connectivity index (χ3n) is 4.95. The fourth-order valence-electron chi connectivity index (χ4n) is 3.13. The van der Waals surface area contributed by atoms with Crippen LogP contribution < -0.4 is 19.5 Å². The highest BCUT2D eigenvalue weighted by molar-refractivity contribution is 5.85. The lowest BCUT2D eigenvalue weighted by Crippen LogP contribution is -2.16. The van der Waals surface area contributed by atoms with Crippen molar-refractivity contribution >= 4 is 12.4 Å². The second-order valence-corrected chi connectivity index (χ2v) is 6.98. The van der Waals surface area contributed by atoms with Crippen molar-refractivity contribution in [3.63, 3.8) is 0 Å². The minimum absolute atomic E-state index is 0. The van der Waals surface area contributed by atoms with Crippen LogP contribution in [0.2, 0.25) is 0 Å². The predicted octanol–water partition coefficient (Wildman–Crippen LogP) is 5.35. The number of benzene rings is 3. The van der Waals surface area contributed by atoms with Crippen LogP contribution in [0.5, 0.6) is 17.2 Å². The lowest BCUT2D eigenvalue weighted by Gasteiger charge is -2.14. The van der Waals surface area contributed by atoms with Crippen molar-refractivity contribution in [1.29, 1.82) is 0 Å². The van der Waals surface area contributed by atoms with Crippen molar-refractivity contribution < 1.29 is 14.2 Å². The van der Waals surface area contributed by atoms with Gasteiger partial charge >= 0.3 is 0 Å². The standard InChI is InChI=1S/C25H29NO3.ClH/c1-19-6-4-5-7-22(19)18-29-24-13-10-21(16-25(24)28-3)17-26-15-14-20-8-11-23(27-2)12-9-20;/h4-13,16,26H,14-15,17-18H2,1-3H3;1H. The minimum atomic E-state index is 0. The minimum Gasteiger partial charge on any atom is -0.497 e. The van der Waals surface area contributed by atoms with Gasteiger partial charge in [0, 0.05) is 6.54 Å². The van der Waals surface area contributed by atoms with Gasteiger partial charge in [-0.15, -0.1) is 12.4 Å². The van der Waals surface area contributed by atoms with Crippen molar-refractivity contribution in [2.45, 2.75) is 26.5 Å². The summed E-state index contributed by atoms with van der Waals surface area (Å²) < 4.78 is 16.7. The Bertz CT molecular complexity index is 913. The van der Waals surface area contributed by atoms with Gasteiger partial charge in [-0.3, -0.25) is 0 Å². The number of nitrogens with one attached hydrogen (secondary N) is 1. The first kappa shape index (κ1) is 23.6. The van der Waals surface area contributed by atoms with Gasteiger partial charge in [-0.2, -0.15) is 0 Å². The highest BCUT2D eigenvalue weighted by atomic mass is 35.5. The van der Waals surface area contributed by atoms with Gasteiger partial charge < -0.3 is 19.5 Å². The number of hydrogen-bond acceptors (Lipinski definition) is 4. The number of halogens is 1. The van der Waals surface area contributed by atoms with Crippen LogP contribution in [0, 0.1) is 6.92 Å². The molecule has 0 saturated heterocycles. The Morgan fingerprint density at radius 3 is 2.23 bits per heavy atom. The largest absolute Gasteiger partial charge is 0.497 e. The molecule has 0 aliphatic rings. The Hall–Kier alpha value is -2.69. The normalized spacial score (nSPS) is 10.2. The maximum absolute atomic E-state index is 6.00. The molecule has 160 valence electrons. The molecule has 0 aliphatic heterocycles.